The number of methoxy groups -OCH3 is 1. The zero-order valence-electron chi connectivity index (χ0n) is 11.8. The predicted octanol–water partition coefficient (Wildman–Crippen LogP) is 0.537. The van der Waals surface area contributed by atoms with E-state index in [0.717, 1.165) is 0 Å². The molecule has 0 aromatic rings. The Morgan fingerprint density at radius 1 is 1.32 bits per heavy atom. The second-order valence-corrected chi connectivity index (χ2v) is 5.51. The summed E-state index contributed by atoms with van der Waals surface area (Å²) in [6.45, 7) is 7.32. The van der Waals surface area contributed by atoms with E-state index in [2.05, 4.69) is 0 Å². The summed E-state index contributed by atoms with van der Waals surface area (Å²) in [5.41, 5.74) is 0.748. The minimum absolute atomic E-state index is 0.0381. The Balaban J connectivity index is 3.39. The van der Waals surface area contributed by atoms with Gasteiger partial charge < -0.3 is 4.74 Å². The van der Waals surface area contributed by atoms with Crippen LogP contribution in [0.15, 0.2) is 22.9 Å². The van der Waals surface area contributed by atoms with E-state index in [-0.39, 0.29) is 16.3 Å². The van der Waals surface area contributed by atoms with Gasteiger partial charge in [-0.05, 0) is 10.6 Å². The lowest BCUT2D eigenvalue weighted by atomic mass is 9.77. The van der Waals surface area contributed by atoms with Gasteiger partial charge in [-0.25, -0.2) is 0 Å². The molecule has 110 valence electrons. The average molecular weight is 274 g/mol. The summed E-state index contributed by atoms with van der Waals surface area (Å²) in [6, 6.07) is -0.863. The Hall–Kier alpha value is -0.930. The molecule has 0 radical (unpaired) electrons. The quantitative estimate of drug-likeness (QED) is 0.380. The van der Waals surface area contributed by atoms with Gasteiger partial charge in [0.05, 0.1) is 0 Å². The van der Waals surface area contributed by atoms with Gasteiger partial charge in [0, 0.05) is 19.3 Å². The fourth-order valence-corrected chi connectivity index (χ4v) is 2.14. The van der Waals surface area contributed by atoms with Gasteiger partial charge in [-0.1, -0.05) is 38.5 Å². The van der Waals surface area contributed by atoms with Crippen LogP contribution >= 0.6 is 0 Å². The molecule has 0 heterocycles. The smallest absolute Gasteiger partial charge is 0.122 e. The molecule has 0 amide bonds. The zero-order chi connectivity index (χ0) is 15.0. The second-order valence-electron chi connectivity index (χ2n) is 5.51. The molecule has 7 nitrogen and oxygen atoms in total. The second kappa shape index (κ2) is 5.59. The van der Waals surface area contributed by atoms with Crippen molar-refractivity contribution >= 4 is 0 Å². The SMILES string of the molecule is CO[C-]1C(C(C)(C)C)=CC(N(O)O)C(C)=C1[NH+](O)O. The van der Waals surface area contributed by atoms with Gasteiger partial charge in [-0.2, -0.15) is 16.5 Å². The van der Waals surface area contributed by atoms with Crippen LogP contribution in [0.1, 0.15) is 27.7 Å². The first-order valence-electron chi connectivity index (χ1n) is 5.88. The maximum absolute atomic E-state index is 9.44. The molecule has 1 atom stereocenters. The number of hydrogen-bond donors (Lipinski definition) is 5. The molecule has 5 N–H and O–H groups in total. The molecule has 19 heavy (non-hydrogen) atoms. The molecule has 0 saturated heterocycles. The summed E-state index contributed by atoms with van der Waals surface area (Å²) in [6.07, 6.45) is 1.95. The molecule has 1 rings (SSSR count). The highest BCUT2D eigenvalue weighted by molar-refractivity contribution is 5.45. The van der Waals surface area contributed by atoms with E-state index in [1.807, 2.05) is 20.8 Å². The van der Waals surface area contributed by atoms with Crippen LogP contribution in [0.5, 0.6) is 0 Å². The van der Waals surface area contributed by atoms with Gasteiger partial charge in [-0.3, -0.25) is 10.4 Å². The molecule has 1 unspecified atom stereocenters. The van der Waals surface area contributed by atoms with E-state index in [4.69, 9.17) is 4.74 Å². The van der Waals surface area contributed by atoms with Gasteiger partial charge in [-0.15, -0.1) is 5.57 Å². The normalized spacial score (nSPS) is 21.5. The molecule has 1 aliphatic carbocycles. The van der Waals surface area contributed by atoms with Crippen LogP contribution in [0.4, 0.5) is 0 Å². The van der Waals surface area contributed by atoms with Crippen molar-refractivity contribution in [2.75, 3.05) is 7.11 Å². The highest BCUT2D eigenvalue weighted by Gasteiger charge is 2.34. The van der Waals surface area contributed by atoms with E-state index in [1.165, 1.54) is 7.11 Å². The molecule has 0 aromatic heterocycles. The van der Waals surface area contributed by atoms with Gasteiger partial charge in [0.2, 0.25) is 0 Å². The fourth-order valence-electron chi connectivity index (χ4n) is 2.14. The van der Waals surface area contributed by atoms with Gasteiger partial charge in [0.25, 0.3) is 0 Å². The topological polar surface area (TPSA) is 97.8 Å². The van der Waals surface area contributed by atoms with Crippen LogP contribution in [0.2, 0.25) is 0 Å². The molecule has 0 saturated carbocycles. The number of rotatable bonds is 3. The lowest BCUT2D eigenvalue weighted by Crippen LogP contribution is -3.06. The number of hydroxylamine groups is 4. The Bertz CT molecular complexity index is 395. The summed E-state index contributed by atoms with van der Waals surface area (Å²) in [5.74, 6) is 0. The first kappa shape index (κ1) is 16.1. The summed E-state index contributed by atoms with van der Waals surface area (Å²) >= 11 is 0. The molecule has 0 aliphatic heterocycles. The van der Waals surface area contributed by atoms with E-state index < -0.39 is 11.3 Å². The molecular formula is C12H22N2O5. The van der Waals surface area contributed by atoms with Crippen LogP contribution in [0.25, 0.3) is 0 Å². The van der Waals surface area contributed by atoms with Crippen molar-refractivity contribution in [3.63, 3.8) is 0 Å². The maximum atomic E-state index is 9.44. The summed E-state index contributed by atoms with van der Waals surface area (Å²) in [7, 11) is 1.43. The van der Waals surface area contributed by atoms with Crippen molar-refractivity contribution in [2.24, 2.45) is 5.41 Å². The van der Waals surface area contributed by atoms with Crippen LogP contribution in [0, 0.1) is 11.5 Å². The van der Waals surface area contributed by atoms with Gasteiger partial charge in [0.15, 0.2) is 0 Å². The van der Waals surface area contributed by atoms with Crippen molar-refractivity contribution in [2.45, 2.75) is 33.7 Å². The van der Waals surface area contributed by atoms with E-state index in [1.54, 1.807) is 13.0 Å². The van der Waals surface area contributed by atoms with E-state index in [9.17, 15) is 20.8 Å². The molecule has 1 aliphatic rings. The van der Waals surface area contributed by atoms with Crippen molar-refractivity contribution in [1.82, 2.24) is 5.23 Å². The standard InChI is InChI=1S/C12H21N2O5/c1-7-9(13(15)16)6-8(12(2,3)4)11(19-5)10(7)14(17)18/h6,9,15-18H,1-5H3/q-1/p+1. The molecule has 0 aromatic carbocycles. The molecule has 0 bridgehead atoms. The summed E-state index contributed by atoms with van der Waals surface area (Å²) < 4.78 is 5.27. The Morgan fingerprint density at radius 2 is 1.84 bits per heavy atom. The van der Waals surface area contributed by atoms with Crippen LogP contribution in [0.3, 0.4) is 0 Å². The minimum atomic E-state index is -0.906. The predicted molar refractivity (Wildman–Crippen MR) is 64.2 cm³/mol. The van der Waals surface area contributed by atoms with Crippen molar-refractivity contribution in [3.05, 3.63) is 29.0 Å². The van der Waals surface area contributed by atoms with E-state index >= 15 is 0 Å². The first-order chi connectivity index (χ1) is 8.61. The number of quaternary nitrogens is 1. The highest BCUT2D eigenvalue weighted by Crippen LogP contribution is 2.40. The number of nitrogens with one attached hydrogen (secondary N) is 1. The van der Waals surface area contributed by atoms with Crippen molar-refractivity contribution in [3.8, 4) is 0 Å². The van der Waals surface area contributed by atoms with Gasteiger partial charge in [0.1, 0.15) is 5.70 Å². The summed E-state index contributed by atoms with van der Waals surface area (Å²) in [5, 5.41) is 36.6. The Morgan fingerprint density at radius 3 is 2.16 bits per heavy atom. The fraction of sp³-hybridized carbons (Fsp3) is 0.583. The molecule has 0 fully saturated rings. The van der Waals surface area contributed by atoms with Crippen LogP contribution < -0.4 is 5.23 Å². The lowest BCUT2D eigenvalue weighted by Gasteiger charge is -2.43. The number of ether oxygens (including phenoxy) is 1. The number of nitrogens with zero attached hydrogens (tertiary/aromatic N) is 1. The minimum Gasteiger partial charge on any atom is -0.404 e. The molecule has 7 heteroatoms. The van der Waals surface area contributed by atoms with Crippen LogP contribution in [-0.4, -0.2) is 39.2 Å². The first-order valence-corrected chi connectivity index (χ1v) is 5.88. The number of hydrogen-bond acceptors (Lipinski definition) is 6. The third kappa shape index (κ3) is 3.15. The van der Waals surface area contributed by atoms with Crippen molar-refractivity contribution < 1.29 is 30.8 Å². The highest BCUT2D eigenvalue weighted by atomic mass is 16.8. The van der Waals surface area contributed by atoms with Crippen molar-refractivity contribution in [1.29, 1.82) is 0 Å². The average Bonchev–Trinajstić information content (AvgIpc) is 2.25. The Kier molecular flexibility index (Phi) is 4.75. The zero-order valence-corrected chi connectivity index (χ0v) is 11.8. The lowest BCUT2D eigenvalue weighted by molar-refractivity contribution is -1.21. The Labute approximate surface area is 112 Å². The molecule has 0 spiro atoms. The third-order valence-electron chi connectivity index (χ3n) is 3.12. The maximum Gasteiger partial charge on any atom is 0.122 e. The van der Waals surface area contributed by atoms with E-state index in [0.29, 0.717) is 17.3 Å². The molecular weight excluding hydrogens is 252 g/mol. The van der Waals surface area contributed by atoms with Crippen LogP contribution in [-0.2, 0) is 4.74 Å². The summed E-state index contributed by atoms with van der Waals surface area (Å²) in [4.78, 5) is 0. The van der Waals surface area contributed by atoms with Gasteiger partial charge >= 0.3 is 0 Å². The largest absolute Gasteiger partial charge is 0.404 e. The monoisotopic (exact) mass is 274 g/mol. The third-order valence-corrected chi connectivity index (χ3v) is 3.12.